The first-order valence-electron chi connectivity index (χ1n) is 12.9. The summed E-state index contributed by atoms with van der Waals surface area (Å²) in [7, 11) is 0. The van der Waals surface area contributed by atoms with Gasteiger partial charge in [0.1, 0.15) is 17.7 Å². The molecule has 1 aliphatic carbocycles. The number of carbonyl (C=O) groups is 5. The van der Waals surface area contributed by atoms with Crippen molar-refractivity contribution in [1.82, 2.24) is 15.5 Å². The molecule has 0 saturated heterocycles. The van der Waals surface area contributed by atoms with E-state index in [4.69, 9.17) is 15.2 Å². The molecule has 1 aliphatic rings. The van der Waals surface area contributed by atoms with E-state index in [1.165, 1.54) is 4.90 Å². The molecule has 2 rings (SSSR count). The molecule has 2 atom stereocenters. The molecule has 0 aromatic heterocycles. The highest BCUT2D eigenvalue weighted by Crippen LogP contribution is 2.34. The number of nitrogens with one attached hydrogen (secondary N) is 2. The number of primary amides is 1. The van der Waals surface area contributed by atoms with Gasteiger partial charge in [-0.25, -0.2) is 4.79 Å². The first-order valence-corrected chi connectivity index (χ1v) is 12.9. The summed E-state index contributed by atoms with van der Waals surface area (Å²) >= 11 is 0. The molecule has 0 spiro atoms. The lowest BCUT2D eigenvalue weighted by molar-refractivity contribution is -0.148. The van der Waals surface area contributed by atoms with Crippen LogP contribution in [0.4, 0.5) is 4.79 Å². The zero-order valence-corrected chi connectivity index (χ0v) is 22.9. The second kappa shape index (κ2) is 13.8. The highest BCUT2D eigenvalue weighted by Gasteiger charge is 2.42. The monoisotopic (exact) mass is 532 g/mol. The number of esters is 1. The van der Waals surface area contributed by atoms with Crippen LogP contribution in [-0.4, -0.2) is 65.5 Å². The maximum atomic E-state index is 14.0. The van der Waals surface area contributed by atoms with Crippen molar-refractivity contribution < 1.29 is 33.4 Å². The van der Waals surface area contributed by atoms with Crippen LogP contribution < -0.4 is 16.4 Å². The average Bonchev–Trinajstić information content (AvgIpc) is 2.76. The molecule has 38 heavy (non-hydrogen) atoms. The minimum atomic E-state index is -1.33. The van der Waals surface area contributed by atoms with Gasteiger partial charge in [-0.2, -0.15) is 0 Å². The summed E-state index contributed by atoms with van der Waals surface area (Å²) < 4.78 is 10.2. The van der Waals surface area contributed by atoms with E-state index in [-0.39, 0.29) is 25.6 Å². The van der Waals surface area contributed by atoms with E-state index < -0.39 is 53.9 Å². The lowest BCUT2D eigenvalue weighted by atomic mass is 9.87. The van der Waals surface area contributed by atoms with Crippen LogP contribution in [0.2, 0.25) is 0 Å². The number of rotatable bonds is 12. The smallest absolute Gasteiger partial charge is 0.408 e. The van der Waals surface area contributed by atoms with Crippen LogP contribution in [0.3, 0.4) is 0 Å². The average molecular weight is 533 g/mol. The van der Waals surface area contributed by atoms with Crippen LogP contribution in [0.5, 0.6) is 0 Å². The van der Waals surface area contributed by atoms with E-state index in [1.807, 2.05) is 19.1 Å². The minimum absolute atomic E-state index is 0.0214. The zero-order valence-electron chi connectivity index (χ0n) is 22.9. The largest absolute Gasteiger partial charge is 0.466 e. The molecule has 4 N–H and O–H groups in total. The summed E-state index contributed by atoms with van der Waals surface area (Å²) in [6.45, 7) is 8.87. The molecule has 0 radical (unpaired) electrons. The Balaban J connectivity index is 2.41. The zero-order chi connectivity index (χ0) is 28.5. The van der Waals surface area contributed by atoms with Gasteiger partial charge in [0.15, 0.2) is 0 Å². The molecule has 210 valence electrons. The first kappa shape index (κ1) is 30.6. The second-order valence-electron chi connectivity index (χ2n) is 10.4. The van der Waals surface area contributed by atoms with Crippen molar-refractivity contribution in [2.75, 3.05) is 13.2 Å². The SMILES string of the molecule is CCOC(=O)CCNC(=O)C(c1ccc(C)cc1)N(C(=O)C(CC(N)=O)NC(=O)OC(C)(C)C)C1CCC1. The Morgan fingerprint density at radius 1 is 1.11 bits per heavy atom. The summed E-state index contributed by atoms with van der Waals surface area (Å²) in [6.07, 6.45) is 0.796. The molecule has 0 aliphatic heterocycles. The molecule has 11 heteroatoms. The maximum Gasteiger partial charge on any atom is 0.408 e. The van der Waals surface area contributed by atoms with E-state index in [2.05, 4.69) is 10.6 Å². The standard InChI is InChI=1S/C27H40N4O7/c1-6-37-22(33)14-15-29-24(34)23(18-12-10-17(2)11-13-18)31(19-8-7-9-19)25(35)20(16-21(28)32)30-26(36)38-27(3,4)5/h10-13,19-20,23H,6-9,14-16H2,1-5H3,(H2,28,32)(H,29,34)(H,30,36). The Morgan fingerprint density at radius 3 is 2.24 bits per heavy atom. The lowest BCUT2D eigenvalue weighted by Crippen LogP contribution is -2.58. The van der Waals surface area contributed by atoms with E-state index in [1.54, 1.807) is 39.8 Å². The molecule has 4 amide bonds. The third-order valence-corrected chi connectivity index (χ3v) is 5.97. The summed E-state index contributed by atoms with van der Waals surface area (Å²) in [5.41, 5.74) is 6.11. The highest BCUT2D eigenvalue weighted by atomic mass is 16.6. The molecule has 0 bridgehead atoms. The molecule has 1 aromatic carbocycles. The number of hydrogen-bond donors (Lipinski definition) is 3. The Labute approximate surface area is 223 Å². The normalized spacial score (nSPS) is 14.9. The van der Waals surface area contributed by atoms with Gasteiger partial charge in [-0.1, -0.05) is 29.8 Å². The van der Waals surface area contributed by atoms with Gasteiger partial charge in [0.2, 0.25) is 17.7 Å². The van der Waals surface area contributed by atoms with Crippen LogP contribution >= 0.6 is 0 Å². The summed E-state index contributed by atoms with van der Waals surface area (Å²) in [5.74, 6) is -2.35. The molecule has 1 aromatic rings. The minimum Gasteiger partial charge on any atom is -0.466 e. The number of ether oxygens (including phenoxy) is 2. The number of alkyl carbamates (subject to hydrolysis) is 1. The summed E-state index contributed by atoms with van der Waals surface area (Å²) in [6, 6.07) is 4.49. The van der Waals surface area contributed by atoms with Crippen molar-refractivity contribution in [3.63, 3.8) is 0 Å². The van der Waals surface area contributed by atoms with Gasteiger partial charge in [0, 0.05) is 12.6 Å². The molecular weight excluding hydrogens is 492 g/mol. The summed E-state index contributed by atoms with van der Waals surface area (Å²) in [4.78, 5) is 65.1. The van der Waals surface area contributed by atoms with Gasteiger partial charge in [-0.3, -0.25) is 19.2 Å². The van der Waals surface area contributed by atoms with E-state index in [9.17, 15) is 24.0 Å². The van der Waals surface area contributed by atoms with Crippen molar-refractivity contribution in [3.05, 3.63) is 35.4 Å². The van der Waals surface area contributed by atoms with Gasteiger partial charge in [0.05, 0.1) is 19.4 Å². The fourth-order valence-corrected chi connectivity index (χ4v) is 4.02. The number of carbonyl (C=O) groups excluding carboxylic acids is 5. The molecule has 1 fully saturated rings. The predicted molar refractivity (Wildman–Crippen MR) is 140 cm³/mol. The lowest BCUT2D eigenvalue weighted by Gasteiger charge is -2.43. The molecule has 1 saturated carbocycles. The van der Waals surface area contributed by atoms with Crippen molar-refractivity contribution in [3.8, 4) is 0 Å². The van der Waals surface area contributed by atoms with Crippen molar-refractivity contribution in [2.24, 2.45) is 5.73 Å². The molecule has 2 unspecified atom stereocenters. The topological polar surface area (TPSA) is 157 Å². The third kappa shape index (κ3) is 9.35. The fraction of sp³-hybridized carbons (Fsp3) is 0.593. The second-order valence-corrected chi connectivity index (χ2v) is 10.4. The number of amides is 4. The fourth-order valence-electron chi connectivity index (χ4n) is 4.02. The van der Waals surface area contributed by atoms with Gasteiger partial charge < -0.3 is 30.7 Å². The van der Waals surface area contributed by atoms with Crippen LogP contribution in [0.25, 0.3) is 0 Å². The first-order chi connectivity index (χ1) is 17.8. The van der Waals surface area contributed by atoms with Crippen molar-refractivity contribution >= 4 is 29.8 Å². The van der Waals surface area contributed by atoms with Gasteiger partial charge in [-0.15, -0.1) is 0 Å². The predicted octanol–water partition coefficient (Wildman–Crippen LogP) is 2.26. The molecule has 0 heterocycles. The maximum absolute atomic E-state index is 14.0. The van der Waals surface area contributed by atoms with E-state index >= 15 is 0 Å². The number of aryl methyl sites for hydroxylation is 1. The van der Waals surface area contributed by atoms with E-state index in [0.29, 0.717) is 18.4 Å². The van der Waals surface area contributed by atoms with Crippen molar-refractivity contribution in [2.45, 2.75) is 90.4 Å². The Kier molecular flexibility index (Phi) is 11.1. The Bertz CT molecular complexity index is 1000. The van der Waals surface area contributed by atoms with Crippen LogP contribution in [0.1, 0.15) is 77.0 Å². The van der Waals surface area contributed by atoms with E-state index in [0.717, 1.165) is 12.0 Å². The quantitative estimate of drug-likeness (QED) is 0.348. The number of hydrogen-bond acceptors (Lipinski definition) is 7. The Hall–Kier alpha value is -3.63. The molecular formula is C27H40N4O7. The number of nitrogens with zero attached hydrogens (tertiary/aromatic N) is 1. The number of nitrogens with two attached hydrogens (primary N) is 1. The van der Waals surface area contributed by atoms with Crippen LogP contribution in [-0.2, 0) is 28.7 Å². The van der Waals surface area contributed by atoms with Crippen LogP contribution in [0, 0.1) is 6.92 Å². The Morgan fingerprint density at radius 2 is 1.74 bits per heavy atom. The van der Waals surface area contributed by atoms with Gasteiger partial charge >= 0.3 is 12.1 Å². The molecule has 11 nitrogen and oxygen atoms in total. The van der Waals surface area contributed by atoms with Crippen molar-refractivity contribution in [1.29, 1.82) is 0 Å². The third-order valence-electron chi connectivity index (χ3n) is 5.97. The van der Waals surface area contributed by atoms with Gasteiger partial charge in [0.25, 0.3) is 0 Å². The van der Waals surface area contributed by atoms with Gasteiger partial charge in [-0.05, 0) is 59.4 Å². The highest BCUT2D eigenvalue weighted by molar-refractivity contribution is 5.95. The summed E-state index contributed by atoms with van der Waals surface area (Å²) in [5, 5.41) is 5.21. The number of benzene rings is 1. The van der Waals surface area contributed by atoms with Crippen LogP contribution in [0.15, 0.2) is 24.3 Å².